The van der Waals surface area contributed by atoms with Gasteiger partial charge in [-0.15, -0.1) is 0 Å². The first-order chi connectivity index (χ1) is 9.05. The van der Waals surface area contributed by atoms with Crippen LogP contribution in [0.15, 0.2) is 17.1 Å². The Kier molecular flexibility index (Phi) is 1.95. The molecule has 1 fully saturated rings. The molecule has 0 aromatic carbocycles. The van der Waals surface area contributed by atoms with Gasteiger partial charge < -0.3 is 0 Å². The number of hydrogen-bond acceptors (Lipinski definition) is 2. The van der Waals surface area contributed by atoms with Gasteiger partial charge in [-0.2, -0.15) is 0 Å². The van der Waals surface area contributed by atoms with Gasteiger partial charge in [0.1, 0.15) is 0 Å². The van der Waals surface area contributed by atoms with Gasteiger partial charge in [0.2, 0.25) is 0 Å². The number of nitrogens with zero attached hydrogens (tertiary/aromatic N) is 2. The Labute approximate surface area is 111 Å². The van der Waals surface area contributed by atoms with E-state index in [-0.39, 0.29) is 16.4 Å². The molecule has 0 bridgehead atoms. The molecule has 0 unspecified atom stereocenters. The summed E-state index contributed by atoms with van der Waals surface area (Å²) in [5.41, 5.74) is 3.17. The highest BCUT2D eigenvalue weighted by Crippen LogP contribution is 2.58. The molecule has 4 nitrogen and oxygen atoms in total. The van der Waals surface area contributed by atoms with Crippen LogP contribution in [0.4, 0.5) is 0 Å². The molecule has 1 spiro atoms. The van der Waals surface area contributed by atoms with E-state index in [1.165, 1.54) is 25.7 Å². The summed E-state index contributed by atoms with van der Waals surface area (Å²) in [7, 11) is 0. The maximum absolute atomic E-state index is 12.6. The molecule has 4 rings (SSSR count). The van der Waals surface area contributed by atoms with Gasteiger partial charge in [0.15, 0.2) is 5.65 Å². The van der Waals surface area contributed by atoms with Crippen molar-refractivity contribution in [1.82, 2.24) is 14.6 Å². The van der Waals surface area contributed by atoms with Crippen molar-refractivity contribution in [3.63, 3.8) is 0 Å². The standard InChI is InChI=1S/C15H19N3O/c1-14(2)9-10-12(15(14)6-3-4-7-15)17-11-5-8-16-18(11)13(10)19/h5,8,16H,3-4,6-7,9H2,1-2H3. The first kappa shape index (κ1) is 11.3. The zero-order valence-electron chi connectivity index (χ0n) is 11.5. The largest absolute Gasteiger partial charge is 0.297 e. The summed E-state index contributed by atoms with van der Waals surface area (Å²) >= 11 is 0. The second kappa shape index (κ2) is 3.30. The predicted molar refractivity (Wildman–Crippen MR) is 73.4 cm³/mol. The molecule has 4 heteroatoms. The van der Waals surface area contributed by atoms with Crippen molar-refractivity contribution < 1.29 is 0 Å². The van der Waals surface area contributed by atoms with Gasteiger partial charge in [-0.1, -0.05) is 26.7 Å². The quantitative estimate of drug-likeness (QED) is 0.788. The second-order valence-electron chi connectivity index (χ2n) is 6.75. The Balaban J connectivity index is 2.08. The Morgan fingerprint density at radius 2 is 2.05 bits per heavy atom. The highest BCUT2D eigenvalue weighted by molar-refractivity contribution is 5.46. The van der Waals surface area contributed by atoms with Crippen molar-refractivity contribution in [3.8, 4) is 0 Å². The highest BCUT2D eigenvalue weighted by Gasteiger charge is 2.55. The molecule has 0 aliphatic heterocycles. The van der Waals surface area contributed by atoms with Crippen LogP contribution in [0.25, 0.3) is 5.65 Å². The van der Waals surface area contributed by atoms with Crippen molar-refractivity contribution in [2.75, 3.05) is 0 Å². The van der Waals surface area contributed by atoms with E-state index >= 15 is 0 Å². The lowest BCUT2D eigenvalue weighted by molar-refractivity contribution is 0.185. The van der Waals surface area contributed by atoms with E-state index in [4.69, 9.17) is 4.98 Å². The van der Waals surface area contributed by atoms with Gasteiger partial charge in [-0.3, -0.25) is 9.89 Å². The van der Waals surface area contributed by atoms with Gasteiger partial charge in [0.25, 0.3) is 5.56 Å². The van der Waals surface area contributed by atoms with Crippen LogP contribution in [0.2, 0.25) is 0 Å². The minimum absolute atomic E-state index is 0.0989. The normalized spacial score (nSPS) is 23.3. The summed E-state index contributed by atoms with van der Waals surface area (Å²) in [6.07, 6.45) is 7.52. The summed E-state index contributed by atoms with van der Waals surface area (Å²) in [4.78, 5) is 17.4. The Morgan fingerprint density at radius 3 is 2.79 bits per heavy atom. The van der Waals surface area contributed by atoms with Crippen LogP contribution >= 0.6 is 0 Å². The molecule has 1 N–H and O–H groups in total. The third kappa shape index (κ3) is 1.20. The molecule has 100 valence electrons. The maximum Gasteiger partial charge on any atom is 0.276 e. The Hall–Kier alpha value is -1.58. The molecule has 2 aromatic heterocycles. The highest BCUT2D eigenvalue weighted by atomic mass is 16.1. The minimum Gasteiger partial charge on any atom is -0.297 e. The van der Waals surface area contributed by atoms with Crippen LogP contribution in [-0.4, -0.2) is 14.6 Å². The molecule has 0 saturated heterocycles. The molecule has 1 saturated carbocycles. The average molecular weight is 257 g/mol. The lowest BCUT2D eigenvalue weighted by atomic mass is 9.66. The first-order valence-electron chi connectivity index (χ1n) is 7.15. The Bertz CT molecular complexity index is 717. The molecule has 2 aromatic rings. The monoisotopic (exact) mass is 257 g/mol. The second-order valence-corrected chi connectivity index (χ2v) is 6.75. The minimum atomic E-state index is 0.0989. The molecule has 0 radical (unpaired) electrons. The third-order valence-corrected chi connectivity index (χ3v) is 5.46. The number of fused-ring (bicyclic) bond motifs is 3. The molecular formula is C15H19N3O. The van der Waals surface area contributed by atoms with E-state index in [2.05, 4.69) is 18.9 Å². The number of aromatic nitrogens is 3. The fourth-order valence-electron chi connectivity index (χ4n) is 4.37. The summed E-state index contributed by atoms with van der Waals surface area (Å²) < 4.78 is 1.57. The lowest BCUT2D eigenvalue weighted by Crippen LogP contribution is -2.36. The van der Waals surface area contributed by atoms with Gasteiger partial charge in [-0.05, 0) is 24.7 Å². The predicted octanol–water partition coefficient (Wildman–Crippen LogP) is 2.42. The van der Waals surface area contributed by atoms with Gasteiger partial charge in [0, 0.05) is 23.2 Å². The number of aromatic amines is 1. The molecule has 2 aliphatic rings. The zero-order valence-corrected chi connectivity index (χ0v) is 11.5. The molecule has 2 heterocycles. The number of hydrogen-bond donors (Lipinski definition) is 1. The number of nitrogens with one attached hydrogen (secondary N) is 1. The van der Waals surface area contributed by atoms with Gasteiger partial charge >= 0.3 is 0 Å². The average Bonchev–Trinajstić information content (AvgIpc) is 3.03. The fourth-order valence-corrected chi connectivity index (χ4v) is 4.37. The van der Waals surface area contributed by atoms with Crippen LogP contribution in [0.5, 0.6) is 0 Å². The van der Waals surface area contributed by atoms with Gasteiger partial charge in [-0.25, -0.2) is 9.50 Å². The van der Waals surface area contributed by atoms with Gasteiger partial charge in [0.05, 0.1) is 5.69 Å². The molecule has 19 heavy (non-hydrogen) atoms. The van der Waals surface area contributed by atoms with Crippen LogP contribution in [0, 0.1) is 5.41 Å². The van der Waals surface area contributed by atoms with E-state index in [9.17, 15) is 4.79 Å². The van der Waals surface area contributed by atoms with Crippen molar-refractivity contribution in [2.24, 2.45) is 5.41 Å². The van der Waals surface area contributed by atoms with Crippen molar-refractivity contribution in [2.45, 2.75) is 51.4 Å². The van der Waals surface area contributed by atoms with E-state index < -0.39 is 0 Å². The SMILES string of the molecule is CC1(C)Cc2c(nc3cc[nH]n3c2=O)C12CCCC2. The molecule has 0 atom stereocenters. The van der Waals surface area contributed by atoms with Crippen molar-refractivity contribution in [1.29, 1.82) is 0 Å². The summed E-state index contributed by atoms with van der Waals surface area (Å²) in [6.45, 7) is 4.61. The van der Waals surface area contributed by atoms with Crippen molar-refractivity contribution >= 4 is 5.65 Å². The zero-order chi connectivity index (χ0) is 13.3. The molecule has 2 aliphatic carbocycles. The number of H-pyrrole nitrogens is 1. The van der Waals surface area contributed by atoms with E-state index in [1.54, 1.807) is 10.7 Å². The van der Waals surface area contributed by atoms with Crippen LogP contribution in [-0.2, 0) is 11.8 Å². The smallest absolute Gasteiger partial charge is 0.276 e. The maximum atomic E-state index is 12.6. The van der Waals surface area contributed by atoms with Crippen LogP contribution in [0.3, 0.4) is 0 Å². The molecule has 0 amide bonds. The van der Waals surface area contributed by atoms with Crippen LogP contribution in [0.1, 0.15) is 50.8 Å². The van der Waals surface area contributed by atoms with E-state index in [0.29, 0.717) is 0 Å². The first-order valence-corrected chi connectivity index (χ1v) is 7.15. The Morgan fingerprint density at radius 1 is 1.32 bits per heavy atom. The van der Waals surface area contributed by atoms with Crippen LogP contribution < -0.4 is 5.56 Å². The topological polar surface area (TPSA) is 50.2 Å². The molecular weight excluding hydrogens is 238 g/mol. The summed E-state index contributed by atoms with van der Waals surface area (Å²) in [5, 5.41) is 2.97. The van der Waals surface area contributed by atoms with E-state index in [0.717, 1.165) is 23.3 Å². The number of rotatable bonds is 0. The van der Waals surface area contributed by atoms with Crippen molar-refractivity contribution in [3.05, 3.63) is 33.9 Å². The summed E-state index contributed by atoms with van der Waals surface area (Å²) in [6, 6.07) is 1.88. The fraction of sp³-hybridized carbons (Fsp3) is 0.600. The summed E-state index contributed by atoms with van der Waals surface area (Å²) in [5.74, 6) is 0. The third-order valence-electron chi connectivity index (χ3n) is 5.46. The van der Waals surface area contributed by atoms with E-state index in [1.807, 2.05) is 6.07 Å². The lowest BCUT2D eigenvalue weighted by Gasteiger charge is -2.38.